The van der Waals surface area contributed by atoms with Crippen LogP contribution in [-0.4, -0.2) is 26.0 Å². The molecule has 2 N–H and O–H groups in total. The van der Waals surface area contributed by atoms with E-state index in [0.717, 1.165) is 28.0 Å². The van der Waals surface area contributed by atoms with E-state index in [1.807, 2.05) is 45.0 Å². The lowest BCUT2D eigenvalue weighted by molar-refractivity contribution is -0.120. The minimum absolute atomic E-state index is 0.0907. The van der Waals surface area contributed by atoms with Crippen LogP contribution in [0.25, 0.3) is 16.7 Å². The van der Waals surface area contributed by atoms with E-state index in [1.165, 1.54) is 5.56 Å². The van der Waals surface area contributed by atoms with Gasteiger partial charge in [0.05, 0.1) is 5.69 Å². The van der Waals surface area contributed by atoms with Gasteiger partial charge in [-0.2, -0.15) is 4.80 Å². The summed E-state index contributed by atoms with van der Waals surface area (Å²) in [6, 6.07) is 12.1. The zero-order valence-corrected chi connectivity index (χ0v) is 18.3. The van der Waals surface area contributed by atoms with Crippen LogP contribution in [0.4, 0.5) is 5.69 Å². The van der Waals surface area contributed by atoms with Gasteiger partial charge in [0.15, 0.2) is 5.11 Å². The number of carbonyl (C=O) groups excluding carboxylic acids is 1. The van der Waals surface area contributed by atoms with Gasteiger partial charge in [0.25, 0.3) is 0 Å². The highest BCUT2D eigenvalue weighted by Crippen LogP contribution is 2.23. The number of nitrogens with one attached hydrogen (secondary N) is 2. The number of carbonyl (C=O) groups is 1. The highest BCUT2D eigenvalue weighted by atomic mass is 32.1. The number of anilines is 1. The minimum atomic E-state index is -0.0907. The normalized spacial score (nSPS) is 11.3. The molecule has 0 aliphatic carbocycles. The van der Waals surface area contributed by atoms with E-state index in [4.69, 9.17) is 12.2 Å². The zero-order chi connectivity index (χ0) is 21.1. The first-order valence-electron chi connectivity index (χ1n) is 9.82. The number of hydrogen-bond donors (Lipinski definition) is 2. The van der Waals surface area contributed by atoms with Crippen molar-refractivity contribution < 1.29 is 4.79 Å². The van der Waals surface area contributed by atoms with Crippen LogP contribution in [-0.2, 0) is 4.79 Å². The fourth-order valence-electron chi connectivity index (χ4n) is 3.01. The Bertz CT molecular complexity index is 1040. The summed E-state index contributed by atoms with van der Waals surface area (Å²) in [4.78, 5) is 13.6. The van der Waals surface area contributed by atoms with Crippen LogP contribution < -0.4 is 10.6 Å². The Morgan fingerprint density at radius 1 is 1.07 bits per heavy atom. The van der Waals surface area contributed by atoms with Crippen molar-refractivity contribution in [1.82, 2.24) is 20.3 Å². The summed E-state index contributed by atoms with van der Waals surface area (Å²) in [5.41, 5.74) is 5.52. The topological polar surface area (TPSA) is 71.8 Å². The second kappa shape index (κ2) is 8.69. The summed E-state index contributed by atoms with van der Waals surface area (Å²) in [5.74, 6) is 0.669. The fourth-order valence-corrected chi connectivity index (χ4v) is 3.24. The molecule has 152 valence electrons. The molecule has 0 bridgehead atoms. The number of hydrogen-bond acceptors (Lipinski definition) is 4. The molecule has 7 heteroatoms. The molecule has 0 aliphatic rings. The maximum Gasteiger partial charge on any atom is 0.226 e. The molecule has 0 saturated carbocycles. The molecule has 2 aromatic carbocycles. The van der Waals surface area contributed by atoms with E-state index in [-0.39, 0.29) is 16.9 Å². The van der Waals surface area contributed by atoms with E-state index < -0.39 is 0 Å². The van der Waals surface area contributed by atoms with Crippen LogP contribution >= 0.6 is 12.2 Å². The Morgan fingerprint density at radius 3 is 2.28 bits per heavy atom. The molecule has 3 rings (SSSR count). The van der Waals surface area contributed by atoms with Gasteiger partial charge in [-0.15, -0.1) is 10.2 Å². The van der Waals surface area contributed by atoms with E-state index in [1.54, 1.807) is 4.80 Å². The highest BCUT2D eigenvalue weighted by molar-refractivity contribution is 7.80. The van der Waals surface area contributed by atoms with Crippen LogP contribution in [0.15, 0.2) is 36.4 Å². The van der Waals surface area contributed by atoms with Crippen molar-refractivity contribution in [2.45, 2.75) is 47.0 Å². The van der Waals surface area contributed by atoms with Crippen molar-refractivity contribution in [3.05, 3.63) is 47.5 Å². The van der Waals surface area contributed by atoms with E-state index in [9.17, 15) is 4.79 Å². The van der Waals surface area contributed by atoms with Crippen molar-refractivity contribution in [2.24, 2.45) is 5.92 Å². The average molecular weight is 410 g/mol. The average Bonchev–Trinajstić information content (AvgIpc) is 3.03. The molecule has 0 unspecified atom stereocenters. The van der Waals surface area contributed by atoms with Crippen LogP contribution in [0.3, 0.4) is 0 Å². The first kappa shape index (κ1) is 20.9. The summed E-state index contributed by atoms with van der Waals surface area (Å²) in [6.45, 7) is 10.3. The Hall–Kier alpha value is -2.80. The first-order valence-corrected chi connectivity index (χ1v) is 10.2. The first-order chi connectivity index (χ1) is 13.7. The summed E-state index contributed by atoms with van der Waals surface area (Å²) < 4.78 is 0. The fraction of sp³-hybridized carbons (Fsp3) is 0.364. The lowest BCUT2D eigenvalue weighted by atomic mass is 10.0. The predicted molar refractivity (Wildman–Crippen MR) is 122 cm³/mol. The molecular weight excluding hydrogens is 382 g/mol. The standard InChI is InChI=1S/C22H27N5OS/c1-13(2)10-21(28)24-22(29)23-18-12-20-19(11-15(18)5)25-27(26-20)17-8-6-16(7-9-17)14(3)4/h6-9,11-14H,10H2,1-5H3,(H2,23,24,28,29). The summed E-state index contributed by atoms with van der Waals surface area (Å²) in [5, 5.41) is 15.3. The number of aromatic nitrogens is 3. The molecule has 0 fully saturated rings. The second-order valence-corrected chi connectivity index (χ2v) is 8.40. The van der Waals surface area contributed by atoms with Gasteiger partial charge in [0, 0.05) is 12.1 Å². The third-order valence-electron chi connectivity index (χ3n) is 4.61. The van der Waals surface area contributed by atoms with E-state index in [2.05, 4.69) is 46.8 Å². The summed E-state index contributed by atoms with van der Waals surface area (Å²) in [6.07, 6.45) is 0.434. The van der Waals surface area contributed by atoms with Crippen LogP contribution in [0.1, 0.15) is 51.2 Å². The van der Waals surface area contributed by atoms with Gasteiger partial charge in [-0.25, -0.2) is 0 Å². The van der Waals surface area contributed by atoms with Crippen LogP contribution in [0, 0.1) is 12.8 Å². The smallest absolute Gasteiger partial charge is 0.226 e. The molecule has 0 spiro atoms. The number of fused-ring (bicyclic) bond motifs is 1. The van der Waals surface area contributed by atoms with Crippen molar-refractivity contribution in [3.8, 4) is 5.69 Å². The highest BCUT2D eigenvalue weighted by Gasteiger charge is 2.12. The molecular formula is C22H27N5OS. The number of thiocarbonyl (C=S) groups is 1. The Morgan fingerprint density at radius 2 is 1.69 bits per heavy atom. The van der Waals surface area contributed by atoms with Gasteiger partial charge in [0.2, 0.25) is 5.91 Å². The third-order valence-corrected chi connectivity index (χ3v) is 4.82. The Kier molecular flexibility index (Phi) is 6.27. The predicted octanol–water partition coefficient (Wildman–Crippen LogP) is 4.71. The summed E-state index contributed by atoms with van der Waals surface area (Å²) >= 11 is 5.28. The summed E-state index contributed by atoms with van der Waals surface area (Å²) in [7, 11) is 0. The van der Waals surface area contributed by atoms with Gasteiger partial charge in [-0.1, -0.05) is 39.8 Å². The van der Waals surface area contributed by atoms with Gasteiger partial charge in [0.1, 0.15) is 11.0 Å². The second-order valence-electron chi connectivity index (χ2n) is 7.99. The molecule has 3 aromatic rings. The lowest BCUT2D eigenvalue weighted by Gasteiger charge is -2.12. The Balaban J connectivity index is 1.80. The number of rotatable bonds is 5. The van der Waals surface area contributed by atoms with Crippen LogP contribution in [0.5, 0.6) is 0 Å². The molecule has 1 aromatic heterocycles. The molecule has 29 heavy (non-hydrogen) atoms. The maximum atomic E-state index is 11.9. The molecule has 0 saturated heterocycles. The molecule has 0 atom stereocenters. The van der Waals surface area contributed by atoms with Gasteiger partial charge >= 0.3 is 0 Å². The van der Waals surface area contributed by atoms with Gasteiger partial charge in [-0.3, -0.25) is 4.79 Å². The van der Waals surface area contributed by atoms with E-state index in [0.29, 0.717) is 12.3 Å². The van der Waals surface area contributed by atoms with E-state index >= 15 is 0 Å². The van der Waals surface area contributed by atoms with Crippen molar-refractivity contribution >= 4 is 40.0 Å². The SMILES string of the molecule is Cc1cc2nn(-c3ccc(C(C)C)cc3)nc2cc1NC(=S)NC(=O)CC(C)C. The van der Waals surface area contributed by atoms with Gasteiger partial charge < -0.3 is 10.6 Å². The number of nitrogens with zero attached hydrogens (tertiary/aromatic N) is 3. The largest absolute Gasteiger partial charge is 0.332 e. The zero-order valence-electron chi connectivity index (χ0n) is 17.5. The number of amides is 1. The maximum absolute atomic E-state index is 11.9. The van der Waals surface area contributed by atoms with Crippen molar-refractivity contribution in [3.63, 3.8) is 0 Å². The Labute approximate surface area is 176 Å². The molecule has 6 nitrogen and oxygen atoms in total. The molecule has 1 amide bonds. The molecule has 0 aliphatic heterocycles. The number of benzene rings is 2. The quantitative estimate of drug-likeness (QED) is 0.597. The third kappa shape index (κ3) is 5.17. The van der Waals surface area contributed by atoms with Gasteiger partial charge in [-0.05, 0) is 66.4 Å². The monoisotopic (exact) mass is 409 g/mol. The van der Waals surface area contributed by atoms with Crippen LogP contribution in [0.2, 0.25) is 0 Å². The number of aryl methyl sites for hydroxylation is 1. The van der Waals surface area contributed by atoms with Crippen molar-refractivity contribution in [1.29, 1.82) is 0 Å². The molecule has 0 radical (unpaired) electrons. The van der Waals surface area contributed by atoms with Crippen molar-refractivity contribution in [2.75, 3.05) is 5.32 Å². The molecule has 1 heterocycles. The minimum Gasteiger partial charge on any atom is -0.332 e. The lowest BCUT2D eigenvalue weighted by Crippen LogP contribution is -2.34.